The highest BCUT2D eigenvalue weighted by Crippen LogP contribution is 2.03. The molecule has 1 rings (SSSR count). The largest absolute Gasteiger partial charge is 0.351 e. The van der Waals surface area contributed by atoms with Crippen LogP contribution in [0.1, 0.15) is 27.2 Å². The molecule has 2 atom stereocenters. The van der Waals surface area contributed by atoms with E-state index in [0.717, 1.165) is 0 Å². The Morgan fingerprint density at radius 1 is 1.47 bits per heavy atom. The highest BCUT2D eigenvalue weighted by atomic mass is 16.2. The minimum absolute atomic E-state index is 0.0508. The third-order valence-electron chi connectivity index (χ3n) is 2.49. The van der Waals surface area contributed by atoms with Gasteiger partial charge in [0.05, 0.1) is 12.4 Å². The number of imidazole rings is 1. The lowest BCUT2D eigenvalue weighted by Gasteiger charge is -2.18. The molecule has 0 spiro atoms. The van der Waals surface area contributed by atoms with Crippen LogP contribution in [0, 0.1) is 5.92 Å². The quantitative estimate of drug-likeness (QED) is 0.768. The lowest BCUT2D eigenvalue weighted by atomic mass is 10.0. The Labute approximate surface area is 102 Å². The second-order valence-corrected chi connectivity index (χ2v) is 4.91. The SMILES string of the molecule is CC(C)CC(N)C(=O)NC(C)Cn1ccnc1. The number of nitrogens with zero attached hydrogens (tertiary/aromatic N) is 2. The summed E-state index contributed by atoms with van der Waals surface area (Å²) in [6.45, 7) is 6.78. The predicted octanol–water partition coefficient (Wildman–Crippen LogP) is 0.761. The van der Waals surface area contributed by atoms with Gasteiger partial charge in [-0.05, 0) is 19.3 Å². The number of carbonyl (C=O) groups is 1. The van der Waals surface area contributed by atoms with Crippen LogP contribution in [0.5, 0.6) is 0 Å². The Balaban J connectivity index is 2.35. The fourth-order valence-electron chi connectivity index (χ4n) is 1.72. The molecule has 17 heavy (non-hydrogen) atoms. The minimum atomic E-state index is -0.416. The second-order valence-electron chi connectivity index (χ2n) is 4.91. The molecule has 1 aromatic heterocycles. The van der Waals surface area contributed by atoms with E-state index in [1.54, 1.807) is 12.5 Å². The first-order valence-electron chi connectivity index (χ1n) is 6.00. The number of carbonyl (C=O) groups excluding carboxylic acids is 1. The molecule has 1 heterocycles. The molecule has 0 saturated carbocycles. The van der Waals surface area contributed by atoms with Crippen LogP contribution in [-0.4, -0.2) is 27.5 Å². The lowest BCUT2D eigenvalue weighted by molar-refractivity contribution is -0.123. The zero-order valence-corrected chi connectivity index (χ0v) is 10.8. The standard InChI is InChI=1S/C12H22N4O/c1-9(2)6-11(13)12(17)15-10(3)7-16-5-4-14-8-16/h4-5,8-11H,6-7,13H2,1-3H3,(H,15,17). The van der Waals surface area contributed by atoms with Crippen molar-refractivity contribution in [2.45, 2.75) is 45.8 Å². The van der Waals surface area contributed by atoms with Crippen LogP contribution in [0.15, 0.2) is 18.7 Å². The zero-order valence-electron chi connectivity index (χ0n) is 10.8. The number of nitrogens with one attached hydrogen (secondary N) is 1. The molecule has 1 amide bonds. The van der Waals surface area contributed by atoms with E-state index in [1.165, 1.54) is 0 Å². The first-order valence-corrected chi connectivity index (χ1v) is 6.00. The van der Waals surface area contributed by atoms with Crippen molar-refractivity contribution < 1.29 is 4.79 Å². The first kappa shape index (κ1) is 13.7. The Morgan fingerprint density at radius 3 is 2.71 bits per heavy atom. The van der Waals surface area contributed by atoms with Crippen LogP contribution in [0.25, 0.3) is 0 Å². The second kappa shape index (κ2) is 6.39. The van der Waals surface area contributed by atoms with E-state index in [-0.39, 0.29) is 11.9 Å². The Hall–Kier alpha value is -1.36. The van der Waals surface area contributed by atoms with Gasteiger partial charge in [-0.25, -0.2) is 4.98 Å². The van der Waals surface area contributed by atoms with Crippen LogP contribution in [0.2, 0.25) is 0 Å². The van der Waals surface area contributed by atoms with E-state index in [2.05, 4.69) is 24.1 Å². The van der Waals surface area contributed by atoms with E-state index in [9.17, 15) is 4.79 Å². The van der Waals surface area contributed by atoms with Gasteiger partial charge in [-0.2, -0.15) is 0 Å². The van der Waals surface area contributed by atoms with Gasteiger partial charge >= 0.3 is 0 Å². The Kier molecular flexibility index (Phi) is 5.15. The van der Waals surface area contributed by atoms with Crippen molar-refractivity contribution in [1.82, 2.24) is 14.9 Å². The highest BCUT2D eigenvalue weighted by molar-refractivity contribution is 5.81. The van der Waals surface area contributed by atoms with Crippen molar-refractivity contribution in [1.29, 1.82) is 0 Å². The maximum Gasteiger partial charge on any atom is 0.237 e. The van der Waals surface area contributed by atoms with Crippen LogP contribution in [-0.2, 0) is 11.3 Å². The van der Waals surface area contributed by atoms with Gasteiger partial charge in [0.2, 0.25) is 5.91 Å². The van der Waals surface area contributed by atoms with Crippen LogP contribution >= 0.6 is 0 Å². The summed E-state index contributed by atoms with van der Waals surface area (Å²) < 4.78 is 1.93. The molecule has 0 fully saturated rings. The average molecular weight is 238 g/mol. The normalized spacial score (nSPS) is 14.6. The van der Waals surface area contributed by atoms with E-state index in [1.807, 2.05) is 17.7 Å². The summed E-state index contributed by atoms with van der Waals surface area (Å²) in [4.78, 5) is 15.7. The van der Waals surface area contributed by atoms with Gasteiger partial charge in [-0.1, -0.05) is 13.8 Å². The van der Waals surface area contributed by atoms with Gasteiger partial charge in [0.15, 0.2) is 0 Å². The lowest BCUT2D eigenvalue weighted by Crippen LogP contribution is -2.46. The van der Waals surface area contributed by atoms with Gasteiger partial charge in [0.25, 0.3) is 0 Å². The first-order chi connectivity index (χ1) is 7.99. The molecule has 5 heteroatoms. The van der Waals surface area contributed by atoms with Crippen molar-refractivity contribution in [2.75, 3.05) is 0 Å². The summed E-state index contributed by atoms with van der Waals surface area (Å²) in [5, 5.41) is 2.91. The zero-order chi connectivity index (χ0) is 12.8. The number of rotatable bonds is 6. The summed E-state index contributed by atoms with van der Waals surface area (Å²) >= 11 is 0. The van der Waals surface area contributed by atoms with Crippen LogP contribution in [0.3, 0.4) is 0 Å². The van der Waals surface area contributed by atoms with Crippen LogP contribution < -0.4 is 11.1 Å². The molecule has 0 aliphatic heterocycles. The van der Waals surface area contributed by atoms with Gasteiger partial charge in [0, 0.05) is 25.0 Å². The molecular formula is C12H22N4O. The van der Waals surface area contributed by atoms with Crippen molar-refractivity contribution in [2.24, 2.45) is 11.7 Å². The highest BCUT2D eigenvalue weighted by Gasteiger charge is 2.16. The molecule has 1 aromatic rings. The molecule has 0 aliphatic rings. The smallest absolute Gasteiger partial charge is 0.237 e. The molecular weight excluding hydrogens is 216 g/mol. The summed E-state index contributed by atoms with van der Waals surface area (Å²) in [5.74, 6) is 0.353. The number of aromatic nitrogens is 2. The number of hydrogen-bond donors (Lipinski definition) is 2. The van der Waals surface area contributed by atoms with Gasteiger partial charge < -0.3 is 15.6 Å². The summed E-state index contributed by atoms with van der Waals surface area (Å²) in [6.07, 6.45) is 6.04. The van der Waals surface area contributed by atoms with Gasteiger partial charge in [-0.15, -0.1) is 0 Å². The van der Waals surface area contributed by atoms with Crippen molar-refractivity contribution >= 4 is 5.91 Å². The van der Waals surface area contributed by atoms with E-state index in [4.69, 9.17) is 5.73 Å². The van der Waals surface area contributed by atoms with E-state index in [0.29, 0.717) is 18.9 Å². The van der Waals surface area contributed by atoms with E-state index < -0.39 is 6.04 Å². The molecule has 0 radical (unpaired) electrons. The van der Waals surface area contributed by atoms with E-state index >= 15 is 0 Å². The molecule has 0 bridgehead atoms. The fraction of sp³-hybridized carbons (Fsp3) is 0.667. The fourth-order valence-corrected chi connectivity index (χ4v) is 1.72. The summed E-state index contributed by atoms with van der Waals surface area (Å²) in [7, 11) is 0. The molecule has 3 N–H and O–H groups in total. The third kappa shape index (κ3) is 4.99. The summed E-state index contributed by atoms with van der Waals surface area (Å²) in [5.41, 5.74) is 5.81. The summed E-state index contributed by atoms with van der Waals surface area (Å²) in [6, 6.07) is -0.366. The topological polar surface area (TPSA) is 72.9 Å². The minimum Gasteiger partial charge on any atom is -0.351 e. The molecule has 2 unspecified atom stereocenters. The van der Waals surface area contributed by atoms with Crippen molar-refractivity contribution in [3.63, 3.8) is 0 Å². The van der Waals surface area contributed by atoms with Crippen LogP contribution in [0.4, 0.5) is 0 Å². The van der Waals surface area contributed by atoms with Gasteiger partial charge in [0.1, 0.15) is 0 Å². The Morgan fingerprint density at radius 2 is 2.18 bits per heavy atom. The maximum atomic E-state index is 11.8. The number of nitrogens with two attached hydrogens (primary N) is 1. The average Bonchev–Trinajstić information content (AvgIpc) is 2.68. The van der Waals surface area contributed by atoms with Gasteiger partial charge in [-0.3, -0.25) is 4.79 Å². The predicted molar refractivity (Wildman–Crippen MR) is 67.3 cm³/mol. The van der Waals surface area contributed by atoms with Crippen molar-refractivity contribution in [3.8, 4) is 0 Å². The Bertz CT molecular complexity index is 334. The molecule has 0 saturated heterocycles. The molecule has 5 nitrogen and oxygen atoms in total. The van der Waals surface area contributed by atoms with Crippen molar-refractivity contribution in [3.05, 3.63) is 18.7 Å². The third-order valence-corrected chi connectivity index (χ3v) is 2.49. The number of hydrogen-bond acceptors (Lipinski definition) is 3. The molecule has 0 aromatic carbocycles. The monoisotopic (exact) mass is 238 g/mol. The number of amides is 1. The maximum absolute atomic E-state index is 11.8. The molecule has 96 valence electrons. The molecule has 0 aliphatic carbocycles.